The van der Waals surface area contributed by atoms with E-state index in [1.54, 1.807) is 28.6 Å². The molecule has 1 aromatic heterocycles. The molecule has 1 saturated heterocycles. The molecule has 1 fully saturated rings. The van der Waals surface area contributed by atoms with Gasteiger partial charge in [-0.15, -0.1) is 0 Å². The van der Waals surface area contributed by atoms with Crippen LogP contribution in [0.25, 0.3) is 0 Å². The largest absolute Gasteiger partial charge is 0.459 e. The average molecular weight is 376 g/mol. The summed E-state index contributed by atoms with van der Waals surface area (Å²) in [5.74, 6) is 0.0271. The summed E-state index contributed by atoms with van der Waals surface area (Å²) in [6.45, 7) is 1.66. The molecule has 0 saturated carbocycles. The van der Waals surface area contributed by atoms with E-state index in [0.29, 0.717) is 31.0 Å². The van der Waals surface area contributed by atoms with Crippen LogP contribution in [-0.2, 0) is 16.4 Å². The standard InChI is InChI=1S/C19H24N2O4S/c22-19(18-6-5-15-25-18)20-12-11-16-7-9-17(10-8-16)26(23,24)21-13-3-1-2-4-14-21/h5-10,15H,1-4,11-14H2,(H,20,22). The van der Waals surface area contributed by atoms with Gasteiger partial charge in [-0.2, -0.15) is 4.31 Å². The third-order valence-electron chi connectivity index (χ3n) is 4.57. The average Bonchev–Trinajstić information content (AvgIpc) is 3.04. The molecular weight excluding hydrogens is 352 g/mol. The van der Waals surface area contributed by atoms with Crippen molar-refractivity contribution in [1.82, 2.24) is 9.62 Å². The number of rotatable bonds is 6. The van der Waals surface area contributed by atoms with Gasteiger partial charge in [-0.1, -0.05) is 25.0 Å². The number of furan rings is 1. The van der Waals surface area contributed by atoms with E-state index in [2.05, 4.69) is 5.32 Å². The van der Waals surface area contributed by atoms with E-state index in [0.717, 1.165) is 31.2 Å². The maximum Gasteiger partial charge on any atom is 0.286 e. The Morgan fingerprint density at radius 2 is 1.73 bits per heavy atom. The molecule has 7 heteroatoms. The van der Waals surface area contributed by atoms with Crippen LogP contribution in [0.4, 0.5) is 0 Å². The first-order valence-electron chi connectivity index (χ1n) is 8.98. The van der Waals surface area contributed by atoms with Gasteiger partial charge in [0.15, 0.2) is 5.76 Å². The summed E-state index contributed by atoms with van der Waals surface area (Å²) in [4.78, 5) is 12.1. The number of carbonyl (C=O) groups excluding carboxylic acids is 1. The number of benzene rings is 1. The number of hydrogen-bond acceptors (Lipinski definition) is 4. The van der Waals surface area contributed by atoms with Crippen molar-refractivity contribution in [3.8, 4) is 0 Å². The van der Waals surface area contributed by atoms with Gasteiger partial charge in [0.1, 0.15) is 0 Å². The zero-order chi connectivity index (χ0) is 18.4. The molecule has 26 heavy (non-hydrogen) atoms. The Bertz CT molecular complexity index is 806. The number of nitrogens with one attached hydrogen (secondary N) is 1. The lowest BCUT2D eigenvalue weighted by atomic mass is 10.1. The molecule has 2 aromatic rings. The quantitative estimate of drug-likeness (QED) is 0.841. The third-order valence-corrected chi connectivity index (χ3v) is 6.48. The molecule has 0 aliphatic carbocycles. The smallest absolute Gasteiger partial charge is 0.286 e. The number of carbonyl (C=O) groups is 1. The first kappa shape index (κ1) is 18.7. The van der Waals surface area contributed by atoms with Crippen molar-refractivity contribution in [2.45, 2.75) is 37.0 Å². The van der Waals surface area contributed by atoms with Crippen LogP contribution in [0, 0.1) is 0 Å². The molecule has 1 aliphatic heterocycles. The Balaban J connectivity index is 1.56. The Kier molecular flexibility index (Phi) is 6.11. The molecule has 1 aliphatic rings. The predicted molar refractivity (Wildman–Crippen MR) is 98.4 cm³/mol. The molecule has 1 N–H and O–H groups in total. The molecular formula is C19H24N2O4S. The first-order chi connectivity index (χ1) is 12.6. The van der Waals surface area contributed by atoms with Crippen molar-refractivity contribution in [1.29, 1.82) is 0 Å². The van der Waals surface area contributed by atoms with Crippen LogP contribution in [0.2, 0.25) is 0 Å². The molecule has 0 spiro atoms. The Morgan fingerprint density at radius 3 is 2.35 bits per heavy atom. The highest BCUT2D eigenvalue weighted by atomic mass is 32.2. The Morgan fingerprint density at radius 1 is 1.04 bits per heavy atom. The lowest BCUT2D eigenvalue weighted by molar-refractivity contribution is 0.0926. The maximum atomic E-state index is 12.7. The van der Waals surface area contributed by atoms with E-state index >= 15 is 0 Å². The van der Waals surface area contributed by atoms with Crippen LogP contribution in [0.3, 0.4) is 0 Å². The summed E-state index contributed by atoms with van der Waals surface area (Å²) in [6, 6.07) is 10.2. The minimum Gasteiger partial charge on any atom is -0.459 e. The van der Waals surface area contributed by atoms with Gasteiger partial charge in [0.2, 0.25) is 10.0 Å². The fraction of sp³-hybridized carbons (Fsp3) is 0.421. The molecule has 0 radical (unpaired) electrons. The minimum atomic E-state index is -3.41. The number of hydrogen-bond donors (Lipinski definition) is 1. The van der Waals surface area contributed by atoms with Crippen molar-refractivity contribution in [3.05, 3.63) is 54.0 Å². The van der Waals surface area contributed by atoms with Gasteiger partial charge in [-0.05, 0) is 49.1 Å². The van der Waals surface area contributed by atoms with E-state index in [4.69, 9.17) is 4.42 Å². The Labute approximate surface area is 154 Å². The van der Waals surface area contributed by atoms with Crippen LogP contribution < -0.4 is 5.32 Å². The van der Waals surface area contributed by atoms with Crippen LogP contribution in [0.5, 0.6) is 0 Å². The summed E-state index contributed by atoms with van der Waals surface area (Å²) >= 11 is 0. The van der Waals surface area contributed by atoms with Gasteiger partial charge in [0, 0.05) is 19.6 Å². The van der Waals surface area contributed by atoms with Crippen molar-refractivity contribution >= 4 is 15.9 Å². The van der Waals surface area contributed by atoms with Crippen LogP contribution in [-0.4, -0.2) is 38.3 Å². The van der Waals surface area contributed by atoms with Gasteiger partial charge in [-0.25, -0.2) is 8.42 Å². The molecule has 1 aromatic carbocycles. The van der Waals surface area contributed by atoms with E-state index in [1.165, 1.54) is 6.26 Å². The topological polar surface area (TPSA) is 79.6 Å². The van der Waals surface area contributed by atoms with Gasteiger partial charge < -0.3 is 9.73 Å². The van der Waals surface area contributed by atoms with Crippen LogP contribution >= 0.6 is 0 Å². The van der Waals surface area contributed by atoms with Crippen molar-refractivity contribution < 1.29 is 17.6 Å². The number of amides is 1. The van der Waals surface area contributed by atoms with Crippen molar-refractivity contribution in [2.24, 2.45) is 0 Å². The van der Waals surface area contributed by atoms with Crippen LogP contribution in [0.15, 0.2) is 52.0 Å². The third kappa shape index (κ3) is 4.53. The zero-order valence-corrected chi connectivity index (χ0v) is 15.5. The highest BCUT2D eigenvalue weighted by Crippen LogP contribution is 2.20. The molecule has 0 unspecified atom stereocenters. The fourth-order valence-corrected chi connectivity index (χ4v) is 4.59. The lowest BCUT2D eigenvalue weighted by Crippen LogP contribution is -2.31. The molecule has 2 heterocycles. The van der Waals surface area contributed by atoms with E-state index in [9.17, 15) is 13.2 Å². The summed E-state index contributed by atoms with van der Waals surface area (Å²) in [6.07, 6.45) is 6.11. The first-order valence-corrected chi connectivity index (χ1v) is 10.4. The summed E-state index contributed by atoms with van der Waals surface area (Å²) in [5, 5.41) is 2.78. The van der Waals surface area contributed by atoms with Crippen molar-refractivity contribution in [3.63, 3.8) is 0 Å². The molecule has 1 amide bonds. The zero-order valence-electron chi connectivity index (χ0n) is 14.7. The maximum absolute atomic E-state index is 12.7. The van der Waals surface area contributed by atoms with Crippen LogP contribution in [0.1, 0.15) is 41.8 Å². The fourth-order valence-electron chi connectivity index (χ4n) is 3.07. The normalized spacial score (nSPS) is 16.2. The molecule has 6 nitrogen and oxygen atoms in total. The second-order valence-electron chi connectivity index (χ2n) is 6.45. The second kappa shape index (κ2) is 8.51. The van der Waals surface area contributed by atoms with Gasteiger partial charge in [-0.3, -0.25) is 4.79 Å². The lowest BCUT2D eigenvalue weighted by Gasteiger charge is -2.20. The Hall–Kier alpha value is -2.12. The molecule has 140 valence electrons. The predicted octanol–water partition coefficient (Wildman–Crippen LogP) is 2.82. The minimum absolute atomic E-state index is 0.254. The summed E-state index contributed by atoms with van der Waals surface area (Å²) in [5.41, 5.74) is 0.972. The molecule has 3 rings (SSSR count). The van der Waals surface area contributed by atoms with E-state index in [-0.39, 0.29) is 11.7 Å². The number of sulfonamides is 1. The molecule has 0 bridgehead atoms. The highest BCUT2D eigenvalue weighted by Gasteiger charge is 2.24. The SMILES string of the molecule is O=C(NCCc1ccc(S(=O)(=O)N2CCCCCC2)cc1)c1ccco1. The highest BCUT2D eigenvalue weighted by molar-refractivity contribution is 7.89. The van der Waals surface area contributed by atoms with Gasteiger partial charge in [0.25, 0.3) is 5.91 Å². The summed E-state index contributed by atoms with van der Waals surface area (Å²) < 4.78 is 32.1. The van der Waals surface area contributed by atoms with Gasteiger partial charge in [0.05, 0.1) is 11.2 Å². The number of nitrogens with zero attached hydrogens (tertiary/aromatic N) is 1. The summed E-state index contributed by atoms with van der Waals surface area (Å²) in [7, 11) is -3.41. The second-order valence-corrected chi connectivity index (χ2v) is 8.38. The van der Waals surface area contributed by atoms with Gasteiger partial charge >= 0.3 is 0 Å². The monoisotopic (exact) mass is 376 g/mol. The van der Waals surface area contributed by atoms with Crippen molar-refractivity contribution in [2.75, 3.05) is 19.6 Å². The van der Waals surface area contributed by atoms with E-state index < -0.39 is 10.0 Å². The van der Waals surface area contributed by atoms with E-state index in [1.807, 2.05) is 12.1 Å². The molecule has 0 atom stereocenters.